The normalized spacial score (nSPS) is 11.8. The maximum atomic E-state index is 12.7. The second-order valence-electron chi connectivity index (χ2n) is 3.81. The molecule has 0 heterocycles. The maximum Gasteiger partial charge on any atom is 0.416 e. The van der Waals surface area contributed by atoms with Gasteiger partial charge in [-0.2, -0.15) is 13.2 Å². The number of rotatable bonds is 7. The molecule has 0 amide bonds. The van der Waals surface area contributed by atoms with Crippen LogP contribution in [-0.2, 0) is 12.7 Å². The number of hydrogen-bond donors (Lipinski definition) is 3. The van der Waals surface area contributed by atoms with Gasteiger partial charge in [0, 0.05) is 26.2 Å². The van der Waals surface area contributed by atoms with Gasteiger partial charge in [0.25, 0.3) is 0 Å². The van der Waals surface area contributed by atoms with Crippen molar-refractivity contribution in [1.82, 2.24) is 10.6 Å². The van der Waals surface area contributed by atoms with Crippen molar-refractivity contribution < 1.29 is 18.3 Å². The zero-order valence-electron chi connectivity index (χ0n) is 9.93. The second kappa shape index (κ2) is 7.35. The van der Waals surface area contributed by atoms with E-state index in [4.69, 9.17) is 5.11 Å². The van der Waals surface area contributed by atoms with Gasteiger partial charge < -0.3 is 15.7 Å². The molecular formula is C12H17F3N2O. The molecule has 0 radical (unpaired) electrons. The van der Waals surface area contributed by atoms with Crippen LogP contribution in [0.2, 0.25) is 0 Å². The van der Waals surface area contributed by atoms with Crippen molar-refractivity contribution in [3.05, 3.63) is 35.4 Å². The fourth-order valence-corrected chi connectivity index (χ4v) is 1.55. The van der Waals surface area contributed by atoms with Crippen LogP contribution < -0.4 is 10.6 Å². The molecule has 0 aliphatic rings. The number of aliphatic hydroxyl groups excluding tert-OH is 1. The highest BCUT2D eigenvalue weighted by Gasteiger charge is 2.32. The quantitative estimate of drug-likeness (QED) is 0.650. The Kier molecular flexibility index (Phi) is 6.11. The molecule has 18 heavy (non-hydrogen) atoms. The van der Waals surface area contributed by atoms with E-state index in [1.54, 1.807) is 6.07 Å². The first-order chi connectivity index (χ1) is 8.55. The first-order valence-corrected chi connectivity index (χ1v) is 5.73. The summed E-state index contributed by atoms with van der Waals surface area (Å²) in [5.74, 6) is 0. The summed E-state index contributed by atoms with van der Waals surface area (Å²) in [7, 11) is 0. The minimum Gasteiger partial charge on any atom is -0.395 e. The number of alkyl halides is 3. The topological polar surface area (TPSA) is 44.3 Å². The number of benzene rings is 1. The van der Waals surface area contributed by atoms with Crippen molar-refractivity contribution in [2.75, 3.05) is 26.2 Å². The highest BCUT2D eigenvalue weighted by molar-refractivity contribution is 5.29. The van der Waals surface area contributed by atoms with Crippen molar-refractivity contribution in [3.63, 3.8) is 0 Å². The van der Waals surface area contributed by atoms with Gasteiger partial charge in [-0.25, -0.2) is 0 Å². The lowest BCUT2D eigenvalue weighted by atomic mass is 10.1. The van der Waals surface area contributed by atoms with Crippen molar-refractivity contribution >= 4 is 0 Å². The Bertz CT molecular complexity index is 355. The van der Waals surface area contributed by atoms with E-state index in [0.29, 0.717) is 19.6 Å². The van der Waals surface area contributed by atoms with Crippen LogP contribution in [0.4, 0.5) is 13.2 Å². The second-order valence-corrected chi connectivity index (χ2v) is 3.81. The molecule has 1 rings (SSSR count). The van der Waals surface area contributed by atoms with Crippen LogP contribution in [0.15, 0.2) is 24.3 Å². The Balaban J connectivity index is 2.43. The van der Waals surface area contributed by atoms with Crippen molar-refractivity contribution in [2.45, 2.75) is 12.7 Å². The maximum absolute atomic E-state index is 12.7. The van der Waals surface area contributed by atoms with Crippen LogP contribution in [-0.4, -0.2) is 31.3 Å². The van der Waals surface area contributed by atoms with Gasteiger partial charge in [-0.05, 0) is 11.6 Å². The van der Waals surface area contributed by atoms with Crippen LogP contribution in [0.25, 0.3) is 0 Å². The SMILES string of the molecule is OCCNCCNCc1ccccc1C(F)(F)F. The molecule has 6 heteroatoms. The molecule has 102 valence electrons. The van der Waals surface area contributed by atoms with Gasteiger partial charge in [0.15, 0.2) is 0 Å². The molecule has 0 atom stereocenters. The van der Waals surface area contributed by atoms with Crippen LogP contribution in [0.3, 0.4) is 0 Å². The van der Waals surface area contributed by atoms with Crippen LogP contribution in [0, 0.1) is 0 Å². The van der Waals surface area contributed by atoms with Crippen molar-refractivity contribution in [2.24, 2.45) is 0 Å². The third-order valence-electron chi connectivity index (χ3n) is 2.41. The summed E-state index contributed by atoms with van der Waals surface area (Å²) in [6.07, 6.45) is -4.31. The molecule has 0 aliphatic carbocycles. The van der Waals surface area contributed by atoms with Crippen molar-refractivity contribution in [1.29, 1.82) is 0 Å². The third kappa shape index (κ3) is 5.03. The third-order valence-corrected chi connectivity index (χ3v) is 2.41. The summed E-state index contributed by atoms with van der Waals surface area (Å²) in [4.78, 5) is 0. The largest absolute Gasteiger partial charge is 0.416 e. The number of nitrogens with one attached hydrogen (secondary N) is 2. The monoisotopic (exact) mass is 262 g/mol. The fraction of sp³-hybridized carbons (Fsp3) is 0.500. The van der Waals surface area contributed by atoms with Gasteiger partial charge in [-0.1, -0.05) is 18.2 Å². The Labute approximate surface area is 104 Å². The fourth-order valence-electron chi connectivity index (χ4n) is 1.55. The van der Waals surface area contributed by atoms with E-state index in [2.05, 4.69) is 10.6 Å². The highest BCUT2D eigenvalue weighted by atomic mass is 19.4. The minimum absolute atomic E-state index is 0.0525. The van der Waals surface area contributed by atoms with Gasteiger partial charge in [-0.3, -0.25) is 0 Å². The number of halogens is 3. The van der Waals surface area contributed by atoms with E-state index >= 15 is 0 Å². The first kappa shape index (κ1) is 14.9. The van der Waals surface area contributed by atoms with Gasteiger partial charge in [0.2, 0.25) is 0 Å². The molecule has 0 saturated carbocycles. The van der Waals surface area contributed by atoms with Gasteiger partial charge in [-0.15, -0.1) is 0 Å². The molecule has 0 aromatic heterocycles. The lowest BCUT2D eigenvalue weighted by Crippen LogP contribution is -2.29. The predicted molar refractivity (Wildman–Crippen MR) is 63.1 cm³/mol. The zero-order valence-corrected chi connectivity index (χ0v) is 9.93. The summed E-state index contributed by atoms with van der Waals surface area (Å²) in [5.41, 5.74) is -0.354. The van der Waals surface area contributed by atoms with E-state index in [1.165, 1.54) is 12.1 Å². The van der Waals surface area contributed by atoms with Crippen LogP contribution in [0.5, 0.6) is 0 Å². The lowest BCUT2D eigenvalue weighted by molar-refractivity contribution is -0.138. The Hall–Kier alpha value is -1.11. The summed E-state index contributed by atoms with van der Waals surface area (Å²) >= 11 is 0. The van der Waals surface area contributed by atoms with Gasteiger partial charge >= 0.3 is 6.18 Å². The lowest BCUT2D eigenvalue weighted by Gasteiger charge is -2.13. The van der Waals surface area contributed by atoms with E-state index < -0.39 is 11.7 Å². The van der Waals surface area contributed by atoms with Gasteiger partial charge in [0.05, 0.1) is 12.2 Å². The highest BCUT2D eigenvalue weighted by Crippen LogP contribution is 2.31. The van der Waals surface area contributed by atoms with E-state index in [9.17, 15) is 13.2 Å². The number of aliphatic hydroxyl groups is 1. The van der Waals surface area contributed by atoms with E-state index in [1.807, 2.05) is 0 Å². The molecule has 3 N–H and O–H groups in total. The molecule has 0 fully saturated rings. The Morgan fingerprint density at radius 2 is 1.67 bits per heavy atom. The first-order valence-electron chi connectivity index (χ1n) is 5.73. The Morgan fingerprint density at radius 3 is 2.33 bits per heavy atom. The molecule has 0 bridgehead atoms. The summed E-state index contributed by atoms with van der Waals surface area (Å²) in [6, 6.07) is 5.53. The standard InChI is InChI=1S/C12H17F3N2O/c13-12(14,15)11-4-2-1-3-10(11)9-17-6-5-16-7-8-18/h1-4,16-18H,5-9H2. The van der Waals surface area contributed by atoms with Crippen molar-refractivity contribution in [3.8, 4) is 0 Å². The summed E-state index contributed by atoms with van der Waals surface area (Å²) in [5, 5.41) is 14.4. The molecule has 0 saturated heterocycles. The number of hydrogen-bond acceptors (Lipinski definition) is 3. The van der Waals surface area contributed by atoms with Crippen LogP contribution >= 0.6 is 0 Å². The molecule has 0 spiro atoms. The van der Waals surface area contributed by atoms with Gasteiger partial charge in [0.1, 0.15) is 0 Å². The smallest absolute Gasteiger partial charge is 0.395 e. The molecule has 1 aromatic carbocycles. The van der Waals surface area contributed by atoms with E-state index in [-0.39, 0.29) is 18.7 Å². The zero-order chi connectivity index (χ0) is 13.4. The van der Waals surface area contributed by atoms with Crippen LogP contribution in [0.1, 0.15) is 11.1 Å². The van der Waals surface area contributed by atoms with E-state index in [0.717, 1.165) is 6.07 Å². The summed E-state index contributed by atoms with van der Waals surface area (Å²) < 4.78 is 38.0. The predicted octanol–water partition coefficient (Wildman–Crippen LogP) is 1.38. The average molecular weight is 262 g/mol. The molecule has 0 unspecified atom stereocenters. The molecule has 1 aromatic rings. The average Bonchev–Trinajstić information content (AvgIpc) is 2.33. The summed E-state index contributed by atoms with van der Waals surface area (Å²) in [6.45, 7) is 1.87. The minimum atomic E-state index is -4.31. The Morgan fingerprint density at radius 1 is 1.00 bits per heavy atom. The molecule has 0 aliphatic heterocycles. The molecule has 3 nitrogen and oxygen atoms in total. The molecular weight excluding hydrogens is 245 g/mol.